The normalized spacial score (nSPS) is 24.8. The summed E-state index contributed by atoms with van der Waals surface area (Å²) >= 11 is 0. The van der Waals surface area contributed by atoms with E-state index in [4.69, 9.17) is 18.1 Å². The summed E-state index contributed by atoms with van der Waals surface area (Å²) in [7, 11) is 0.275. The van der Waals surface area contributed by atoms with Crippen LogP contribution in [-0.2, 0) is 32.4 Å². The van der Waals surface area contributed by atoms with Crippen LogP contribution in [0.15, 0.2) is 24.3 Å². The third-order valence-corrected chi connectivity index (χ3v) is 9.72. The summed E-state index contributed by atoms with van der Waals surface area (Å²) in [4.78, 5) is 1.85. The highest BCUT2D eigenvalue weighted by molar-refractivity contribution is 7.56. The Morgan fingerprint density at radius 2 is 1.58 bits per heavy atom. The molecule has 0 radical (unpaired) electrons. The molecule has 0 bridgehead atoms. The first kappa shape index (κ1) is 19.6. The van der Waals surface area contributed by atoms with E-state index in [2.05, 4.69) is 0 Å². The molecule has 1 aromatic rings. The molecule has 1 aliphatic rings. The van der Waals surface area contributed by atoms with Crippen LogP contribution >= 0.6 is 15.2 Å². The lowest BCUT2D eigenvalue weighted by Gasteiger charge is -2.47. The third kappa shape index (κ3) is 2.78. The smallest absolute Gasteiger partial charge is 0.352 e. The van der Waals surface area contributed by atoms with E-state index in [0.29, 0.717) is 0 Å². The highest BCUT2D eigenvalue weighted by Crippen LogP contribution is 2.71. The molecule has 2 unspecified atom stereocenters. The van der Waals surface area contributed by atoms with E-state index in [-0.39, 0.29) is 6.42 Å². The molecule has 1 heterocycles. The average molecular weight is 377 g/mol. The fourth-order valence-corrected chi connectivity index (χ4v) is 7.13. The Labute approximate surface area is 143 Å². The van der Waals surface area contributed by atoms with Crippen LogP contribution in [0, 0.1) is 0 Å². The van der Waals surface area contributed by atoms with Gasteiger partial charge in [0.1, 0.15) is 5.78 Å². The molecule has 2 rings (SSSR count). The molecular formula is C15H25NO6P2. The molecule has 2 atom stereocenters. The van der Waals surface area contributed by atoms with Gasteiger partial charge in [-0.2, -0.15) is 0 Å². The number of hydrogen-bond acceptors (Lipinski definition) is 7. The zero-order valence-corrected chi connectivity index (χ0v) is 16.7. The minimum Gasteiger partial charge on any atom is -0.360 e. The molecule has 0 N–H and O–H groups in total. The standard InChI is InChI=1S/C15H25NO6P2/c1-15(24(18,21-5)22-6)11-14(23(17,19-3)20-4)16(2)13-10-8-7-9-12(13)15/h7-10,14H,11H2,1-6H3. The second-order valence-corrected chi connectivity index (χ2v) is 11.0. The predicted octanol–water partition coefficient (Wildman–Crippen LogP) is 4.04. The molecule has 0 spiro atoms. The number of rotatable bonds is 6. The van der Waals surface area contributed by atoms with Crippen molar-refractivity contribution in [2.45, 2.75) is 24.3 Å². The summed E-state index contributed by atoms with van der Waals surface area (Å²) in [6, 6.07) is 7.50. The lowest BCUT2D eigenvalue weighted by atomic mass is 9.90. The van der Waals surface area contributed by atoms with Crippen LogP contribution < -0.4 is 4.90 Å². The lowest BCUT2D eigenvalue weighted by Crippen LogP contribution is -2.44. The highest BCUT2D eigenvalue weighted by atomic mass is 31.2. The fourth-order valence-electron chi connectivity index (χ4n) is 3.38. The number of para-hydroxylation sites is 1. The Morgan fingerprint density at radius 3 is 2.08 bits per heavy atom. The van der Waals surface area contributed by atoms with Crippen LogP contribution in [0.3, 0.4) is 0 Å². The van der Waals surface area contributed by atoms with Crippen LogP contribution in [-0.4, -0.2) is 41.3 Å². The number of anilines is 1. The van der Waals surface area contributed by atoms with Crippen molar-refractivity contribution >= 4 is 20.9 Å². The van der Waals surface area contributed by atoms with E-state index in [1.54, 1.807) is 6.92 Å². The maximum atomic E-state index is 13.3. The molecule has 24 heavy (non-hydrogen) atoms. The Hall–Kier alpha value is -0.680. The zero-order chi connectivity index (χ0) is 18.2. The Bertz CT molecular complexity index is 680. The summed E-state index contributed by atoms with van der Waals surface area (Å²) in [6.45, 7) is 1.80. The van der Waals surface area contributed by atoms with E-state index in [0.717, 1.165) is 11.3 Å². The summed E-state index contributed by atoms with van der Waals surface area (Å²) in [5, 5.41) is -0.989. The first-order valence-electron chi connectivity index (χ1n) is 7.48. The van der Waals surface area contributed by atoms with Crippen LogP contribution in [0.5, 0.6) is 0 Å². The van der Waals surface area contributed by atoms with Crippen LogP contribution in [0.1, 0.15) is 18.9 Å². The van der Waals surface area contributed by atoms with Gasteiger partial charge in [-0.25, -0.2) is 0 Å². The van der Waals surface area contributed by atoms with Crippen LogP contribution in [0.2, 0.25) is 0 Å². The van der Waals surface area contributed by atoms with Crippen molar-refractivity contribution in [3.63, 3.8) is 0 Å². The van der Waals surface area contributed by atoms with E-state index in [9.17, 15) is 9.13 Å². The van der Waals surface area contributed by atoms with E-state index >= 15 is 0 Å². The number of benzene rings is 1. The molecule has 7 nitrogen and oxygen atoms in total. The van der Waals surface area contributed by atoms with Crippen molar-refractivity contribution in [3.8, 4) is 0 Å². The van der Waals surface area contributed by atoms with Gasteiger partial charge in [0.2, 0.25) is 0 Å². The molecule has 0 amide bonds. The van der Waals surface area contributed by atoms with Crippen LogP contribution in [0.25, 0.3) is 0 Å². The fraction of sp³-hybridized carbons (Fsp3) is 0.600. The Kier molecular flexibility index (Phi) is 5.65. The molecule has 0 saturated carbocycles. The first-order valence-corrected chi connectivity index (χ1v) is 10.6. The van der Waals surface area contributed by atoms with E-state index < -0.39 is 26.1 Å². The molecule has 0 aliphatic carbocycles. The first-order chi connectivity index (χ1) is 11.2. The Morgan fingerprint density at radius 1 is 1.04 bits per heavy atom. The molecule has 1 aromatic carbocycles. The van der Waals surface area contributed by atoms with Gasteiger partial charge in [0.25, 0.3) is 0 Å². The maximum Gasteiger partial charge on any atom is 0.352 e. The number of hydrogen-bond donors (Lipinski definition) is 0. The van der Waals surface area contributed by atoms with Gasteiger partial charge in [-0.1, -0.05) is 18.2 Å². The van der Waals surface area contributed by atoms with Crippen molar-refractivity contribution in [3.05, 3.63) is 29.8 Å². The van der Waals surface area contributed by atoms with Crippen molar-refractivity contribution < 1.29 is 27.2 Å². The summed E-state index contributed by atoms with van der Waals surface area (Å²) in [5.41, 5.74) is 1.61. The summed E-state index contributed by atoms with van der Waals surface area (Å²) in [6.07, 6.45) is 0.235. The SMILES string of the molecule is COP(=O)(OC)C1CC(C)(P(=O)(OC)OC)c2ccccc2N1C. The average Bonchev–Trinajstić information content (AvgIpc) is 2.63. The third-order valence-electron chi connectivity index (χ3n) is 4.85. The van der Waals surface area contributed by atoms with Crippen molar-refractivity contribution in [2.75, 3.05) is 40.4 Å². The molecule has 0 saturated heterocycles. The number of fused-ring (bicyclic) bond motifs is 1. The Balaban J connectivity index is 2.71. The van der Waals surface area contributed by atoms with E-state index in [1.165, 1.54) is 28.4 Å². The summed E-state index contributed by atoms with van der Waals surface area (Å²) < 4.78 is 47.4. The molecule has 136 valence electrons. The molecule has 0 aromatic heterocycles. The van der Waals surface area contributed by atoms with Gasteiger partial charge in [-0.05, 0) is 18.6 Å². The van der Waals surface area contributed by atoms with Gasteiger partial charge in [0, 0.05) is 47.6 Å². The van der Waals surface area contributed by atoms with Gasteiger partial charge < -0.3 is 23.0 Å². The molecule has 1 aliphatic heterocycles. The van der Waals surface area contributed by atoms with E-state index in [1.807, 2.05) is 36.2 Å². The van der Waals surface area contributed by atoms with Gasteiger partial charge in [0.05, 0.1) is 5.16 Å². The van der Waals surface area contributed by atoms with Gasteiger partial charge in [-0.15, -0.1) is 0 Å². The quantitative estimate of drug-likeness (QED) is 0.693. The van der Waals surface area contributed by atoms with Crippen molar-refractivity contribution in [1.82, 2.24) is 0 Å². The zero-order valence-electron chi connectivity index (χ0n) is 14.9. The van der Waals surface area contributed by atoms with Gasteiger partial charge in [0.15, 0.2) is 0 Å². The largest absolute Gasteiger partial charge is 0.360 e. The van der Waals surface area contributed by atoms with Crippen molar-refractivity contribution in [1.29, 1.82) is 0 Å². The molecular weight excluding hydrogens is 352 g/mol. The second kappa shape index (κ2) is 6.91. The minimum atomic E-state index is -3.51. The number of nitrogens with zero attached hydrogens (tertiary/aromatic N) is 1. The van der Waals surface area contributed by atoms with Crippen LogP contribution in [0.4, 0.5) is 5.69 Å². The lowest BCUT2D eigenvalue weighted by molar-refractivity contribution is 0.231. The van der Waals surface area contributed by atoms with Gasteiger partial charge >= 0.3 is 15.2 Å². The minimum absolute atomic E-state index is 0.235. The topological polar surface area (TPSA) is 74.3 Å². The van der Waals surface area contributed by atoms with Gasteiger partial charge in [-0.3, -0.25) is 9.13 Å². The maximum absolute atomic E-state index is 13.3. The molecule has 0 fully saturated rings. The summed E-state index contributed by atoms with van der Waals surface area (Å²) in [5.74, 6) is -0.619. The monoisotopic (exact) mass is 377 g/mol. The van der Waals surface area contributed by atoms with Crippen molar-refractivity contribution in [2.24, 2.45) is 0 Å². The molecule has 9 heteroatoms. The predicted molar refractivity (Wildman–Crippen MR) is 93.9 cm³/mol. The second-order valence-electron chi connectivity index (χ2n) is 5.85. The highest BCUT2D eigenvalue weighted by Gasteiger charge is 2.57.